The molecule has 0 aliphatic carbocycles. The quantitative estimate of drug-likeness (QED) is 0.663. The van der Waals surface area contributed by atoms with Crippen molar-refractivity contribution in [2.75, 3.05) is 0 Å². The number of rotatable bonds is 2. The van der Waals surface area contributed by atoms with Gasteiger partial charge in [-0.2, -0.15) is 0 Å². The van der Waals surface area contributed by atoms with Crippen LogP contribution in [0.25, 0.3) is 0 Å². The van der Waals surface area contributed by atoms with E-state index >= 15 is 0 Å². The van der Waals surface area contributed by atoms with E-state index in [0.717, 1.165) is 0 Å². The van der Waals surface area contributed by atoms with E-state index in [1.165, 1.54) is 24.3 Å². The van der Waals surface area contributed by atoms with E-state index in [1.54, 1.807) is 0 Å². The van der Waals surface area contributed by atoms with Crippen molar-refractivity contribution in [1.29, 1.82) is 0 Å². The highest BCUT2D eigenvalue weighted by molar-refractivity contribution is 7.43. The van der Waals surface area contributed by atoms with Crippen LogP contribution in [0, 0.1) is 0 Å². The Morgan fingerprint density at radius 1 is 1.25 bits per heavy atom. The monoisotopic (exact) mass is 206 g/mol. The molecule has 0 spiro atoms. The zero-order valence-electron chi connectivity index (χ0n) is 5.77. The zero-order valence-corrected chi connectivity index (χ0v) is 7.42. The van der Waals surface area contributed by atoms with Crippen LogP contribution in [0.15, 0.2) is 24.3 Å². The SMILES string of the molecule is O=P([O-])([O-])Oc1ccc(Cl)cc1. The fourth-order valence-corrected chi connectivity index (χ4v) is 1.13. The van der Waals surface area contributed by atoms with Crippen LogP contribution in [0.5, 0.6) is 5.75 Å². The predicted molar refractivity (Wildman–Crippen MR) is 39.7 cm³/mol. The predicted octanol–water partition coefficient (Wildman–Crippen LogP) is 0.547. The number of hydrogen-bond acceptors (Lipinski definition) is 4. The average Bonchev–Trinajstić information content (AvgIpc) is 1.91. The third-order valence-corrected chi connectivity index (χ3v) is 1.72. The van der Waals surface area contributed by atoms with E-state index in [1.807, 2.05) is 0 Å². The molecule has 4 nitrogen and oxygen atoms in total. The first-order chi connectivity index (χ1) is 5.47. The van der Waals surface area contributed by atoms with Gasteiger partial charge in [0.1, 0.15) is 13.6 Å². The van der Waals surface area contributed by atoms with Gasteiger partial charge in [0.25, 0.3) is 0 Å². The van der Waals surface area contributed by atoms with Crippen molar-refractivity contribution >= 4 is 19.4 Å². The molecule has 0 heterocycles. The molecule has 1 aromatic rings. The highest BCUT2D eigenvalue weighted by Gasteiger charge is 1.95. The number of halogens is 1. The normalized spacial score (nSPS) is 11.2. The fraction of sp³-hybridized carbons (Fsp3) is 0. The molecule has 0 radical (unpaired) electrons. The molecule has 0 aliphatic heterocycles. The summed E-state index contributed by atoms with van der Waals surface area (Å²) in [4.78, 5) is 20.2. The smallest absolute Gasteiger partial charge is 0.124 e. The largest absolute Gasteiger partial charge is 0.780 e. The number of benzene rings is 1. The first-order valence-electron chi connectivity index (χ1n) is 2.94. The highest BCUT2D eigenvalue weighted by Crippen LogP contribution is 2.29. The summed E-state index contributed by atoms with van der Waals surface area (Å²) in [6, 6.07) is 5.44. The lowest BCUT2D eigenvalue weighted by Gasteiger charge is -2.28. The van der Waals surface area contributed by atoms with E-state index in [2.05, 4.69) is 4.52 Å². The molecule has 0 amide bonds. The van der Waals surface area contributed by atoms with Gasteiger partial charge >= 0.3 is 0 Å². The van der Waals surface area contributed by atoms with Crippen LogP contribution in [0.2, 0.25) is 5.02 Å². The molecule has 66 valence electrons. The van der Waals surface area contributed by atoms with Crippen LogP contribution >= 0.6 is 19.4 Å². The minimum absolute atomic E-state index is 0.0345. The average molecular weight is 207 g/mol. The van der Waals surface area contributed by atoms with Crippen LogP contribution in [-0.4, -0.2) is 0 Å². The molecule has 0 fully saturated rings. The van der Waals surface area contributed by atoms with Gasteiger partial charge in [-0.05, 0) is 24.3 Å². The van der Waals surface area contributed by atoms with Crippen LogP contribution in [0.1, 0.15) is 0 Å². The summed E-state index contributed by atoms with van der Waals surface area (Å²) in [5.41, 5.74) is 0. The van der Waals surface area contributed by atoms with Crippen LogP contribution in [0.4, 0.5) is 0 Å². The van der Waals surface area contributed by atoms with E-state index in [-0.39, 0.29) is 5.75 Å². The van der Waals surface area contributed by atoms with Gasteiger partial charge in [-0.15, -0.1) is 0 Å². The molecule has 0 saturated carbocycles. The Morgan fingerprint density at radius 3 is 2.17 bits per heavy atom. The third kappa shape index (κ3) is 3.24. The minimum Gasteiger partial charge on any atom is -0.780 e. The van der Waals surface area contributed by atoms with Gasteiger partial charge in [-0.3, -0.25) is 0 Å². The Bertz CT molecular complexity index is 304. The first-order valence-corrected chi connectivity index (χ1v) is 4.78. The van der Waals surface area contributed by atoms with Crippen molar-refractivity contribution < 1.29 is 18.9 Å². The lowest BCUT2D eigenvalue weighted by molar-refractivity contribution is -0.333. The Hall–Kier alpha value is -0.540. The molecular formula is C6H4ClO4P-2. The molecule has 0 aromatic heterocycles. The summed E-state index contributed by atoms with van der Waals surface area (Å²) in [6.45, 7) is 0. The standard InChI is InChI=1S/C6H6ClO4P/c7-5-1-3-6(4-2-5)11-12(8,9)10/h1-4H,(H2,8,9,10)/p-2. The van der Waals surface area contributed by atoms with E-state index in [0.29, 0.717) is 5.02 Å². The van der Waals surface area contributed by atoms with Crippen molar-refractivity contribution in [3.05, 3.63) is 29.3 Å². The summed E-state index contributed by atoms with van der Waals surface area (Å²) < 4.78 is 14.1. The molecular weight excluding hydrogens is 202 g/mol. The van der Waals surface area contributed by atoms with E-state index in [9.17, 15) is 14.4 Å². The van der Waals surface area contributed by atoms with Crippen molar-refractivity contribution in [2.45, 2.75) is 0 Å². The first kappa shape index (κ1) is 9.55. The lowest BCUT2D eigenvalue weighted by atomic mass is 10.3. The summed E-state index contributed by atoms with van der Waals surface area (Å²) in [5.74, 6) is -0.0345. The van der Waals surface area contributed by atoms with Crippen molar-refractivity contribution in [1.82, 2.24) is 0 Å². The summed E-state index contributed by atoms with van der Waals surface area (Å²) in [5, 5.41) is 0.439. The second-order valence-electron chi connectivity index (χ2n) is 1.99. The third-order valence-electron chi connectivity index (χ3n) is 1.03. The zero-order chi connectivity index (χ0) is 9.19. The van der Waals surface area contributed by atoms with Gasteiger partial charge in [0.15, 0.2) is 0 Å². The van der Waals surface area contributed by atoms with Crippen LogP contribution in [0.3, 0.4) is 0 Å². The highest BCUT2D eigenvalue weighted by atomic mass is 35.5. The maximum absolute atomic E-state index is 10.1. The maximum atomic E-state index is 10.1. The van der Waals surface area contributed by atoms with Crippen LogP contribution in [-0.2, 0) is 4.57 Å². The van der Waals surface area contributed by atoms with Gasteiger partial charge in [-0.25, -0.2) is 0 Å². The number of phosphoric acid groups is 1. The molecule has 0 aliphatic rings. The maximum Gasteiger partial charge on any atom is 0.124 e. The summed E-state index contributed by atoms with van der Waals surface area (Å²) >= 11 is 5.50. The van der Waals surface area contributed by atoms with Gasteiger partial charge in [0.2, 0.25) is 0 Å². The second-order valence-corrected chi connectivity index (χ2v) is 3.51. The molecule has 0 saturated heterocycles. The Balaban J connectivity index is 2.78. The Kier molecular flexibility index (Phi) is 2.75. The summed E-state index contributed by atoms with van der Waals surface area (Å²) in [7, 11) is -4.95. The van der Waals surface area contributed by atoms with E-state index in [4.69, 9.17) is 11.6 Å². The molecule has 0 N–H and O–H groups in total. The molecule has 0 bridgehead atoms. The molecule has 0 unspecified atom stereocenters. The number of hydrogen-bond donors (Lipinski definition) is 0. The van der Waals surface area contributed by atoms with Crippen molar-refractivity contribution in [3.8, 4) is 5.75 Å². The lowest BCUT2D eigenvalue weighted by Crippen LogP contribution is -2.18. The van der Waals surface area contributed by atoms with Gasteiger partial charge in [0.05, 0.1) is 0 Å². The van der Waals surface area contributed by atoms with E-state index < -0.39 is 7.82 Å². The second kappa shape index (κ2) is 3.46. The summed E-state index contributed by atoms with van der Waals surface area (Å²) in [6.07, 6.45) is 0. The fourth-order valence-electron chi connectivity index (χ4n) is 0.625. The van der Waals surface area contributed by atoms with Gasteiger partial charge in [0, 0.05) is 5.02 Å². The molecule has 1 rings (SSSR count). The Morgan fingerprint density at radius 2 is 1.75 bits per heavy atom. The van der Waals surface area contributed by atoms with Crippen molar-refractivity contribution in [3.63, 3.8) is 0 Å². The molecule has 0 atom stereocenters. The number of phosphoric ester groups is 1. The Labute approximate surface area is 74.0 Å². The van der Waals surface area contributed by atoms with Gasteiger partial charge in [-0.1, -0.05) is 11.6 Å². The minimum atomic E-state index is -4.95. The van der Waals surface area contributed by atoms with Crippen LogP contribution < -0.4 is 14.3 Å². The molecule has 12 heavy (non-hydrogen) atoms. The molecule has 6 heteroatoms. The van der Waals surface area contributed by atoms with Crippen molar-refractivity contribution in [2.24, 2.45) is 0 Å². The topological polar surface area (TPSA) is 72.4 Å². The molecule has 1 aromatic carbocycles. The van der Waals surface area contributed by atoms with Gasteiger partial charge < -0.3 is 18.9 Å².